The van der Waals surface area contributed by atoms with Crippen molar-refractivity contribution in [3.8, 4) is 0 Å². The molecular formula is C16H16O3S2. The number of allylic oxidation sites excluding steroid dienone is 1. The lowest BCUT2D eigenvalue weighted by atomic mass is 10.00. The molecule has 2 rings (SSSR count). The number of thioether (sulfide) groups is 1. The van der Waals surface area contributed by atoms with Gasteiger partial charge in [-0.1, -0.05) is 62.1 Å². The van der Waals surface area contributed by atoms with Gasteiger partial charge in [-0.25, -0.2) is 0 Å². The molecule has 3 nitrogen and oxygen atoms in total. The summed E-state index contributed by atoms with van der Waals surface area (Å²) in [5.74, 6) is -1.40. The second-order valence-corrected chi connectivity index (χ2v) is 7.05. The molecule has 1 aliphatic rings. The Hall–Kier alpha value is -1.46. The predicted molar refractivity (Wildman–Crippen MR) is 89.4 cm³/mol. The Morgan fingerprint density at radius 2 is 2.00 bits per heavy atom. The average Bonchev–Trinajstić information content (AvgIpc) is 2.67. The Morgan fingerprint density at radius 3 is 2.52 bits per heavy atom. The maximum atomic E-state index is 12.2. The number of Topliss-reactive ketones (excluding diaryl/α,β-unsaturated/α-hetero) is 1. The quantitative estimate of drug-likeness (QED) is 0.674. The van der Waals surface area contributed by atoms with Crippen LogP contribution in [0.4, 0.5) is 0 Å². The van der Waals surface area contributed by atoms with Crippen molar-refractivity contribution in [2.75, 3.05) is 0 Å². The van der Waals surface area contributed by atoms with E-state index in [0.717, 1.165) is 5.56 Å². The molecule has 1 saturated heterocycles. The summed E-state index contributed by atoms with van der Waals surface area (Å²) >= 11 is 6.33. The standard InChI is InChI=1S/C16H16O3S2/c1-9(2)11-5-3-10(4-6-11)7-13-15(19)12(8-14(17)18)16(20)21-13/h3-7,9,12H,8H2,1-2H3,(H,17,18). The first-order valence-electron chi connectivity index (χ1n) is 6.68. The lowest BCUT2D eigenvalue weighted by Crippen LogP contribution is -2.17. The number of benzene rings is 1. The van der Waals surface area contributed by atoms with E-state index in [-0.39, 0.29) is 12.2 Å². The average molecular weight is 320 g/mol. The predicted octanol–water partition coefficient (Wildman–Crippen LogP) is 3.89. The van der Waals surface area contributed by atoms with Crippen LogP contribution >= 0.6 is 24.0 Å². The summed E-state index contributed by atoms with van der Waals surface area (Å²) in [6.07, 6.45) is 1.56. The van der Waals surface area contributed by atoms with Crippen LogP contribution in [-0.4, -0.2) is 21.1 Å². The lowest BCUT2D eigenvalue weighted by molar-refractivity contribution is -0.139. The van der Waals surface area contributed by atoms with Crippen LogP contribution < -0.4 is 0 Å². The van der Waals surface area contributed by atoms with Crippen molar-refractivity contribution in [1.82, 2.24) is 0 Å². The molecule has 5 heteroatoms. The van der Waals surface area contributed by atoms with Crippen molar-refractivity contribution < 1.29 is 14.7 Å². The van der Waals surface area contributed by atoms with Crippen LogP contribution in [-0.2, 0) is 9.59 Å². The van der Waals surface area contributed by atoms with E-state index >= 15 is 0 Å². The first kappa shape index (κ1) is 15.9. The number of hydrogen-bond donors (Lipinski definition) is 1. The number of thiocarbonyl (C=S) groups is 1. The Balaban J connectivity index is 2.20. The minimum atomic E-state index is -1.00. The fourth-order valence-corrected chi connectivity index (χ4v) is 3.54. The van der Waals surface area contributed by atoms with Crippen LogP contribution in [0.1, 0.15) is 37.3 Å². The van der Waals surface area contributed by atoms with Crippen LogP contribution in [0.25, 0.3) is 6.08 Å². The summed E-state index contributed by atoms with van der Waals surface area (Å²) in [6, 6.07) is 8.00. The van der Waals surface area contributed by atoms with Gasteiger partial charge in [-0.3, -0.25) is 9.59 Å². The van der Waals surface area contributed by atoms with Gasteiger partial charge < -0.3 is 5.11 Å². The third-order valence-corrected chi connectivity index (χ3v) is 4.89. The van der Waals surface area contributed by atoms with Gasteiger partial charge in [0.25, 0.3) is 0 Å². The second kappa shape index (κ2) is 6.54. The highest BCUT2D eigenvalue weighted by Crippen LogP contribution is 2.37. The highest BCUT2D eigenvalue weighted by atomic mass is 32.2. The summed E-state index contributed by atoms with van der Waals surface area (Å²) in [7, 11) is 0. The second-order valence-electron chi connectivity index (χ2n) is 5.27. The lowest BCUT2D eigenvalue weighted by Gasteiger charge is -2.05. The summed E-state index contributed by atoms with van der Waals surface area (Å²) in [5, 5.41) is 8.83. The maximum Gasteiger partial charge on any atom is 0.304 e. The Bertz CT molecular complexity index is 615. The Kier molecular flexibility index (Phi) is 4.96. The van der Waals surface area contributed by atoms with Crippen molar-refractivity contribution in [2.24, 2.45) is 5.92 Å². The fourth-order valence-electron chi connectivity index (χ4n) is 2.09. The van der Waals surface area contributed by atoms with E-state index in [1.54, 1.807) is 6.08 Å². The van der Waals surface area contributed by atoms with E-state index in [2.05, 4.69) is 13.8 Å². The van der Waals surface area contributed by atoms with E-state index in [1.807, 2.05) is 24.3 Å². The van der Waals surface area contributed by atoms with Gasteiger partial charge in [0.15, 0.2) is 5.78 Å². The van der Waals surface area contributed by atoms with Gasteiger partial charge in [-0.15, -0.1) is 0 Å². The molecule has 1 aromatic carbocycles. The van der Waals surface area contributed by atoms with Gasteiger partial charge in [0.1, 0.15) is 0 Å². The summed E-state index contributed by atoms with van der Waals surface area (Å²) in [5.41, 5.74) is 2.16. The molecule has 0 aliphatic carbocycles. The number of carboxylic acids is 1. The van der Waals surface area contributed by atoms with E-state index in [0.29, 0.717) is 15.0 Å². The molecule has 0 radical (unpaired) electrons. The van der Waals surface area contributed by atoms with Gasteiger partial charge >= 0.3 is 5.97 Å². The van der Waals surface area contributed by atoms with Crippen LogP contribution in [0.2, 0.25) is 0 Å². The number of aliphatic carboxylic acids is 1. The maximum absolute atomic E-state index is 12.2. The molecule has 21 heavy (non-hydrogen) atoms. The molecule has 110 valence electrons. The molecular weight excluding hydrogens is 304 g/mol. The number of rotatable bonds is 4. The monoisotopic (exact) mass is 320 g/mol. The molecule has 1 N–H and O–H groups in total. The minimum Gasteiger partial charge on any atom is -0.481 e. The molecule has 0 aromatic heterocycles. The first-order chi connectivity index (χ1) is 9.88. The van der Waals surface area contributed by atoms with Gasteiger partial charge in [0.2, 0.25) is 0 Å². The largest absolute Gasteiger partial charge is 0.481 e. The zero-order valence-corrected chi connectivity index (χ0v) is 13.5. The molecule has 1 unspecified atom stereocenters. The van der Waals surface area contributed by atoms with Crippen molar-refractivity contribution in [2.45, 2.75) is 26.2 Å². The molecule has 0 saturated carbocycles. The number of carbonyl (C=O) groups is 2. The van der Waals surface area contributed by atoms with Crippen LogP contribution in [0.15, 0.2) is 29.2 Å². The number of hydrogen-bond acceptors (Lipinski definition) is 4. The topological polar surface area (TPSA) is 54.4 Å². The van der Waals surface area contributed by atoms with E-state index < -0.39 is 11.9 Å². The van der Waals surface area contributed by atoms with Crippen molar-refractivity contribution in [3.05, 3.63) is 40.3 Å². The van der Waals surface area contributed by atoms with Gasteiger partial charge in [-0.05, 0) is 23.1 Å². The van der Waals surface area contributed by atoms with E-state index in [4.69, 9.17) is 17.3 Å². The zero-order chi connectivity index (χ0) is 15.6. The van der Waals surface area contributed by atoms with Crippen molar-refractivity contribution in [1.29, 1.82) is 0 Å². The van der Waals surface area contributed by atoms with Gasteiger partial charge in [-0.2, -0.15) is 0 Å². The zero-order valence-electron chi connectivity index (χ0n) is 11.8. The fraction of sp³-hybridized carbons (Fsp3) is 0.312. The number of ketones is 1. The van der Waals surface area contributed by atoms with Crippen molar-refractivity contribution in [3.63, 3.8) is 0 Å². The van der Waals surface area contributed by atoms with E-state index in [9.17, 15) is 9.59 Å². The van der Waals surface area contributed by atoms with Crippen LogP contribution in [0, 0.1) is 5.92 Å². The molecule has 1 atom stereocenters. The number of carbonyl (C=O) groups excluding carboxylic acids is 1. The van der Waals surface area contributed by atoms with Gasteiger partial charge in [0, 0.05) is 0 Å². The highest BCUT2D eigenvalue weighted by molar-refractivity contribution is 8.27. The Labute approximate surface area is 133 Å². The third-order valence-electron chi connectivity index (χ3n) is 3.33. The summed E-state index contributed by atoms with van der Waals surface area (Å²) < 4.78 is 0.451. The summed E-state index contributed by atoms with van der Waals surface area (Å²) in [4.78, 5) is 23.5. The third kappa shape index (κ3) is 3.80. The minimum absolute atomic E-state index is 0.180. The van der Waals surface area contributed by atoms with E-state index in [1.165, 1.54) is 17.3 Å². The van der Waals surface area contributed by atoms with Crippen LogP contribution in [0.3, 0.4) is 0 Å². The molecule has 1 heterocycles. The first-order valence-corrected chi connectivity index (χ1v) is 7.90. The molecule has 0 amide bonds. The Morgan fingerprint density at radius 1 is 1.38 bits per heavy atom. The smallest absolute Gasteiger partial charge is 0.304 e. The molecule has 1 fully saturated rings. The SMILES string of the molecule is CC(C)c1ccc(C=C2SC(=S)C(CC(=O)O)C2=O)cc1. The van der Waals surface area contributed by atoms with Crippen molar-refractivity contribution >= 4 is 46.0 Å². The molecule has 1 aromatic rings. The molecule has 1 aliphatic heterocycles. The van der Waals surface area contributed by atoms with Gasteiger partial charge in [0.05, 0.1) is 21.4 Å². The highest BCUT2D eigenvalue weighted by Gasteiger charge is 2.36. The van der Waals surface area contributed by atoms with Crippen LogP contribution in [0.5, 0.6) is 0 Å². The number of carboxylic acid groups (broad SMARTS) is 1. The normalized spacial score (nSPS) is 20.5. The summed E-state index contributed by atoms with van der Waals surface area (Å²) in [6.45, 7) is 4.25. The molecule has 0 bridgehead atoms. The molecule has 0 spiro atoms.